The molecule has 0 aliphatic carbocycles. The van der Waals surface area contributed by atoms with Gasteiger partial charge in [0.2, 0.25) is 0 Å². The van der Waals surface area contributed by atoms with Crippen molar-refractivity contribution in [2.24, 2.45) is 5.10 Å². The Morgan fingerprint density at radius 1 is 1.17 bits per heavy atom. The van der Waals surface area contributed by atoms with E-state index < -0.39 is 0 Å². The van der Waals surface area contributed by atoms with Crippen LogP contribution in [0.5, 0.6) is 0 Å². The van der Waals surface area contributed by atoms with E-state index >= 15 is 0 Å². The summed E-state index contributed by atoms with van der Waals surface area (Å²) < 4.78 is 12.8. The van der Waals surface area contributed by atoms with Crippen LogP contribution in [0.1, 0.15) is 11.1 Å². The van der Waals surface area contributed by atoms with Gasteiger partial charge in [-0.2, -0.15) is 5.10 Å². The third-order valence-corrected chi connectivity index (χ3v) is 4.85. The first kappa shape index (κ1) is 18.3. The highest BCUT2D eigenvalue weighted by Crippen LogP contribution is 2.26. The van der Waals surface area contributed by atoms with E-state index in [-0.39, 0.29) is 0 Å². The number of aromatic nitrogens is 4. The average molecular weight is 403 g/mol. The molecule has 30 heavy (non-hydrogen) atoms. The number of nitrogens with zero attached hydrogens (tertiary/aromatic N) is 6. The van der Waals surface area contributed by atoms with Gasteiger partial charge in [-0.15, -0.1) is 0 Å². The van der Waals surface area contributed by atoms with E-state index in [0.29, 0.717) is 30.5 Å². The Morgan fingerprint density at radius 2 is 2.07 bits per heavy atom. The summed E-state index contributed by atoms with van der Waals surface area (Å²) >= 11 is 0. The molecule has 0 atom stereocenters. The van der Waals surface area contributed by atoms with Gasteiger partial charge in [-0.1, -0.05) is 29.8 Å². The van der Waals surface area contributed by atoms with E-state index in [9.17, 15) is 0 Å². The largest absolute Gasteiger partial charge is 0.442 e. The third kappa shape index (κ3) is 3.74. The minimum atomic E-state index is 0.610. The van der Waals surface area contributed by atoms with Crippen LogP contribution in [0, 0.1) is 6.92 Å². The van der Waals surface area contributed by atoms with E-state index in [4.69, 9.17) is 19.1 Å². The Bertz CT molecular complexity index is 1180. The topological polar surface area (TPSA) is 93.1 Å². The zero-order valence-corrected chi connectivity index (χ0v) is 16.5. The van der Waals surface area contributed by atoms with Crippen molar-refractivity contribution in [2.45, 2.75) is 6.92 Å². The predicted molar refractivity (Wildman–Crippen MR) is 114 cm³/mol. The zero-order chi connectivity index (χ0) is 20.3. The monoisotopic (exact) mass is 403 g/mol. The normalized spacial score (nSPS) is 14.6. The molecule has 0 unspecified atom stereocenters. The minimum Gasteiger partial charge on any atom is -0.442 e. The Kier molecular flexibility index (Phi) is 4.86. The number of aryl methyl sites for hydroxylation is 1. The van der Waals surface area contributed by atoms with Crippen molar-refractivity contribution >= 4 is 23.5 Å². The highest BCUT2D eigenvalue weighted by Gasteiger charge is 2.20. The molecule has 1 aliphatic rings. The van der Waals surface area contributed by atoms with E-state index in [1.165, 1.54) is 12.0 Å². The van der Waals surface area contributed by atoms with Gasteiger partial charge in [0.05, 0.1) is 31.8 Å². The quantitative estimate of drug-likeness (QED) is 0.404. The molecule has 9 nitrogen and oxygen atoms in total. The number of oxazole rings is 1. The van der Waals surface area contributed by atoms with Gasteiger partial charge in [0.1, 0.15) is 5.69 Å². The summed E-state index contributed by atoms with van der Waals surface area (Å²) in [6.07, 6.45) is 8.58. The van der Waals surface area contributed by atoms with Crippen LogP contribution in [0.15, 0.2) is 58.8 Å². The van der Waals surface area contributed by atoms with Gasteiger partial charge in [0.25, 0.3) is 0 Å². The standard InChI is InChI=1S/C21H21N7O2/c1-15-3-2-4-16(9-15)10-23-26-19-13-28-12-17(18-11-22-14-30-18)24-20(28)21(25-19)27-5-7-29-8-6-27/h2-4,9-14,26H,5-8H2,1H3/b23-10+. The Hall–Kier alpha value is -3.72. The molecule has 0 radical (unpaired) electrons. The van der Waals surface area contributed by atoms with Crippen molar-refractivity contribution < 1.29 is 9.15 Å². The number of nitrogens with one attached hydrogen (secondary N) is 1. The van der Waals surface area contributed by atoms with Gasteiger partial charge < -0.3 is 14.1 Å². The lowest BCUT2D eigenvalue weighted by atomic mass is 10.2. The SMILES string of the molecule is Cc1cccc(/C=N/Nc2cn3cc(-c4cnco4)nc3c(N3CCOCC3)n2)c1. The number of anilines is 2. The van der Waals surface area contributed by atoms with Crippen LogP contribution in [-0.4, -0.2) is 51.9 Å². The van der Waals surface area contributed by atoms with Crippen LogP contribution in [0.2, 0.25) is 0 Å². The summed E-state index contributed by atoms with van der Waals surface area (Å²) in [6.45, 7) is 4.88. The number of benzene rings is 1. The maximum Gasteiger partial charge on any atom is 0.181 e. The van der Waals surface area contributed by atoms with Crippen LogP contribution in [0.4, 0.5) is 11.6 Å². The minimum absolute atomic E-state index is 0.610. The molecule has 1 fully saturated rings. The summed E-state index contributed by atoms with van der Waals surface area (Å²) in [5, 5.41) is 4.36. The van der Waals surface area contributed by atoms with Gasteiger partial charge in [-0.3, -0.25) is 9.83 Å². The van der Waals surface area contributed by atoms with Crippen LogP contribution in [-0.2, 0) is 4.74 Å². The van der Waals surface area contributed by atoms with Gasteiger partial charge in [0, 0.05) is 19.3 Å². The van der Waals surface area contributed by atoms with E-state index in [0.717, 1.165) is 30.1 Å². The summed E-state index contributed by atoms with van der Waals surface area (Å²) in [5.74, 6) is 2.01. The number of rotatable bonds is 5. The molecule has 5 rings (SSSR count). The Morgan fingerprint density at radius 3 is 2.87 bits per heavy atom. The molecular weight excluding hydrogens is 382 g/mol. The molecule has 0 saturated carbocycles. The van der Waals surface area contributed by atoms with E-state index in [2.05, 4.69) is 39.5 Å². The first-order valence-corrected chi connectivity index (χ1v) is 9.73. The second-order valence-corrected chi connectivity index (χ2v) is 7.06. The van der Waals surface area contributed by atoms with E-state index in [1.807, 2.05) is 28.9 Å². The van der Waals surface area contributed by atoms with Crippen LogP contribution >= 0.6 is 0 Å². The maximum absolute atomic E-state index is 5.49. The van der Waals surface area contributed by atoms with Crippen LogP contribution in [0.25, 0.3) is 17.1 Å². The summed E-state index contributed by atoms with van der Waals surface area (Å²) in [4.78, 5) is 15.7. The molecule has 1 saturated heterocycles. The lowest BCUT2D eigenvalue weighted by Gasteiger charge is -2.28. The molecule has 1 aromatic carbocycles. The molecule has 0 spiro atoms. The van der Waals surface area contributed by atoms with Gasteiger partial charge in [-0.25, -0.2) is 15.0 Å². The van der Waals surface area contributed by atoms with Gasteiger partial charge in [-0.05, 0) is 12.5 Å². The highest BCUT2D eigenvalue weighted by atomic mass is 16.5. The molecule has 0 amide bonds. The van der Waals surface area contributed by atoms with Crippen LogP contribution < -0.4 is 10.3 Å². The molecule has 0 bridgehead atoms. The Labute approximate surface area is 173 Å². The van der Waals surface area contributed by atoms with Crippen molar-refractivity contribution in [1.82, 2.24) is 19.4 Å². The lowest BCUT2D eigenvalue weighted by molar-refractivity contribution is 0.122. The van der Waals surface area contributed by atoms with Gasteiger partial charge in [0.15, 0.2) is 29.4 Å². The molecule has 152 valence electrons. The number of morpholine rings is 1. The second-order valence-electron chi connectivity index (χ2n) is 7.06. The Balaban J connectivity index is 1.50. The highest BCUT2D eigenvalue weighted by molar-refractivity contribution is 5.80. The number of ether oxygens (including phenoxy) is 1. The molecule has 1 aliphatic heterocycles. The van der Waals surface area contributed by atoms with E-state index in [1.54, 1.807) is 12.4 Å². The summed E-state index contributed by atoms with van der Waals surface area (Å²) in [5.41, 5.74) is 6.70. The fourth-order valence-electron chi connectivity index (χ4n) is 3.41. The third-order valence-electron chi connectivity index (χ3n) is 4.85. The van der Waals surface area contributed by atoms with Crippen molar-refractivity contribution in [3.8, 4) is 11.5 Å². The van der Waals surface area contributed by atoms with Crippen LogP contribution in [0.3, 0.4) is 0 Å². The first-order valence-electron chi connectivity index (χ1n) is 9.73. The second kappa shape index (κ2) is 7.96. The van der Waals surface area contributed by atoms with Crippen molar-refractivity contribution in [3.63, 3.8) is 0 Å². The fraction of sp³-hybridized carbons (Fsp3) is 0.238. The molecule has 4 heterocycles. The first-order chi connectivity index (χ1) is 14.8. The van der Waals surface area contributed by atoms with Crippen molar-refractivity contribution in [3.05, 3.63) is 60.4 Å². The zero-order valence-electron chi connectivity index (χ0n) is 16.5. The molecule has 1 N–H and O–H groups in total. The molecule has 9 heteroatoms. The van der Waals surface area contributed by atoms with Crippen molar-refractivity contribution in [1.29, 1.82) is 0 Å². The number of imidazole rings is 1. The fourth-order valence-corrected chi connectivity index (χ4v) is 3.41. The molecule has 3 aromatic heterocycles. The van der Waals surface area contributed by atoms with Gasteiger partial charge >= 0.3 is 0 Å². The number of hydrogen-bond acceptors (Lipinski definition) is 8. The lowest BCUT2D eigenvalue weighted by Crippen LogP contribution is -2.37. The summed E-state index contributed by atoms with van der Waals surface area (Å²) in [6, 6.07) is 8.14. The average Bonchev–Trinajstić information content (AvgIpc) is 3.44. The molecule has 4 aromatic rings. The number of fused-ring (bicyclic) bond motifs is 1. The summed E-state index contributed by atoms with van der Waals surface area (Å²) in [7, 11) is 0. The smallest absolute Gasteiger partial charge is 0.181 e. The predicted octanol–water partition coefficient (Wildman–Crippen LogP) is 2.98. The maximum atomic E-state index is 5.49. The number of hydrazone groups is 1. The van der Waals surface area contributed by atoms with Crippen molar-refractivity contribution in [2.75, 3.05) is 36.6 Å². The number of hydrogen-bond donors (Lipinski definition) is 1. The molecular formula is C21H21N7O2.